The fourth-order valence-electron chi connectivity index (χ4n) is 4.16. The molecule has 4 heterocycles. The monoisotopic (exact) mass is 487 g/mol. The molecule has 0 saturated carbocycles. The average Bonchev–Trinajstić information content (AvgIpc) is 3.29. The summed E-state index contributed by atoms with van der Waals surface area (Å²) >= 11 is 0. The van der Waals surface area contributed by atoms with Crippen LogP contribution in [0.2, 0.25) is 0 Å². The van der Waals surface area contributed by atoms with E-state index in [0.29, 0.717) is 0 Å². The van der Waals surface area contributed by atoms with Crippen LogP contribution in [0.25, 0.3) is 11.6 Å². The van der Waals surface area contributed by atoms with Gasteiger partial charge in [0.15, 0.2) is 17.3 Å². The molecule has 2 aromatic rings. The number of nitrogens with two attached hydrogens (primary N) is 1. The first-order chi connectivity index (χ1) is 15.9. The Morgan fingerprint density at radius 2 is 2.03 bits per heavy atom. The first kappa shape index (κ1) is 24.0. The molecule has 2 amide bonds. The molecule has 2 aromatic heterocycles. The lowest BCUT2D eigenvalue weighted by Gasteiger charge is -2.34. The van der Waals surface area contributed by atoms with E-state index in [1.807, 2.05) is 0 Å². The molecular formula is C21H22F5N5O3. The fraction of sp³-hybridized carbons (Fsp3) is 0.524. The van der Waals surface area contributed by atoms with Crippen molar-refractivity contribution in [3.63, 3.8) is 0 Å². The van der Waals surface area contributed by atoms with Gasteiger partial charge in [-0.2, -0.15) is 13.2 Å². The lowest BCUT2D eigenvalue weighted by Crippen LogP contribution is -2.51. The van der Waals surface area contributed by atoms with Gasteiger partial charge in [-0.25, -0.2) is 18.7 Å². The van der Waals surface area contributed by atoms with E-state index >= 15 is 0 Å². The highest BCUT2D eigenvalue weighted by molar-refractivity contribution is 5.78. The van der Waals surface area contributed by atoms with Crippen LogP contribution in [-0.2, 0) is 28.7 Å². The number of hydrogen-bond donors (Lipinski definition) is 1. The van der Waals surface area contributed by atoms with Gasteiger partial charge in [0, 0.05) is 44.0 Å². The maximum Gasteiger partial charge on any atom is 0.433 e. The minimum absolute atomic E-state index is 0.00813. The zero-order chi connectivity index (χ0) is 24.7. The van der Waals surface area contributed by atoms with Crippen molar-refractivity contribution >= 4 is 11.8 Å². The number of aromatic nitrogens is 2. The SMILES string of the molecule is NC(CC(=O)N1CCc2c(nc(-c3ccco3)nc2C(F)(F)F)C1)CN1CC(F)(F)CCC1=O. The molecule has 1 saturated heterocycles. The van der Waals surface area contributed by atoms with E-state index in [1.165, 1.54) is 23.3 Å². The van der Waals surface area contributed by atoms with Gasteiger partial charge >= 0.3 is 6.18 Å². The number of likely N-dealkylation sites (tertiary alicyclic amines) is 1. The molecule has 0 bridgehead atoms. The molecule has 4 rings (SSSR count). The van der Waals surface area contributed by atoms with Gasteiger partial charge in [0.2, 0.25) is 11.8 Å². The molecule has 1 fully saturated rings. The normalized spacial score (nSPS) is 19.2. The van der Waals surface area contributed by atoms with Gasteiger partial charge in [-0.15, -0.1) is 0 Å². The molecule has 0 aliphatic carbocycles. The van der Waals surface area contributed by atoms with Crippen LogP contribution >= 0.6 is 0 Å². The van der Waals surface area contributed by atoms with E-state index in [-0.39, 0.29) is 61.7 Å². The summed E-state index contributed by atoms with van der Waals surface area (Å²) in [7, 11) is 0. The third-order valence-electron chi connectivity index (χ3n) is 5.80. The molecule has 0 radical (unpaired) electrons. The van der Waals surface area contributed by atoms with Crippen molar-refractivity contribution in [3.8, 4) is 11.6 Å². The predicted octanol–water partition coefficient (Wildman–Crippen LogP) is 2.62. The largest absolute Gasteiger partial charge is 0.461 e. The Kier molecular flexibility index (Phi) is 6.32. The van der Waals surface area contributed by atoms with E-state index in [4.69, 9.17) is 10.2 Å². The Labute approximate surface area is 190 Å². The van der Waals surface area contributed by atoms with Crippen LogP contribution in [0.15, 0.2) is 22.8 Å². The Morgan fingerprint density at radius 1 is 1.26 bits per heavy atom. The van der Waals surface area contributed by atoms with Crippen LogP contribution < -0.4 is 5.73 Å². The van der Waals surface area contributed by atoms with Gasteiger partial charge in [-0.05, 0) is 18.6 Å². The molecule has 0 spiro atoms. The van der Waals surface area contributed by atoms with Crippen molar-refractivity contribution < 1.29 is 36.0 Å². The van der Waals surface area contributed by atoms with Crippen LogP contribution in [0.1, 0.15) is 36.2 Å². The summed E-state index contributed by atoms with van der Waals surface area (Å²) in [5.74, 6) is -4.12. The number of amides is 2. The Morgan fingerprint density at radius 3 is 2.71 bits per heavy atom. The summed E-state index contributed by atoms with van der Waals surface area (Å²) in [4.78, 5) is 34.8. The number of halogens is 5. The van der Waals surface area contributed by atoms with Crippen LogP contribution in [-0.4, -0.2) is 63.2 Å². The minimum Gasteiger partial charge on any atom is -0.461 e. The zero-order valence-electron chi connectivity index (χ0n) is 17.9. The first-order valence-electron chi connectivity index (χ1n) is 10.6. The Hall–Kier alpha value is -3.09. The molecule has 1 atom stereocenters. The highest BCUT2D eigenvalue weighted by atomic mass is 19.4. The number of carbonyl (C=O) groups excluding carboxylic acids is 2. The summed E-state index contributed by atoms with van der Waals surface area (Å²) in [5, 5.41) is 0. The van der Waals surface area contributed by atoms with E-state index in [0.717, 1.165) is 4.90 Å². The van der Waals surface area contributed by atoms with Gasteiger partial charge in [-0.3, -0.25) is 9.59 Å². The van der Waals surface area contributed by atoms with E-state index in [2.05, 4.69) is 9.97 Å². The van der Waals surface area contributed by atoms with Gasteiger partial charge in [0.05, 0.1) is 25.0 Å². The van der Waals surface area contributed by atoms with Crippen LogP contribution in [0.5, 0.6) is 0 Å². The fourth-order valence-corrected chi connectivity index (χ4v) is 4.16. The molecule has 2 N–H and O–H groups in total. The number of alkyl halides is 5. The van der Waals surface area contributed by atoms with Gasteiger partial charge in [0.25, 0.3) is 5.92 Å². The third-order valence-corrected chi connectivity index (χ3v) is 5.80. The molecule has 34 heavy (non-hydrogen) atoms. The van der Waals surface area contributed by atoms with Crippen LogP contribution in [0, 0.1) is 0 Å². The molecule has 0 aromatic carbocycles. The lowest BCUT2D eigenvalue weighted by atomic mass is 10.0. The average molecular weight is 487 g/mol. The maximum absolute atomic E-state index is 13.6. The summed E-state index contributed by atoms with van der Waals surface area (Å²) < 4.78 is 73.2. The smallest absolute Gasteiger partial charge is 0.433 e. The number of nitrogens with zero attached hydrogens (tertiary/aromatic N) is 4. The number of rotatable bonds is 5. The topological polar surface area (TPSA) is 106 Å². The number of piperidine rings is 1. The zero-order valence-corrected chi connectivity index (χ0v) is 17.9. The quantitative estimate of drug-likeness (QED) is 0.651. The number of carbonyl (C=O) groups is 2. The highest BCUT2D eigenvalue weighted by Crippen LogP contribution is 2.35. The van der Waals surface area contributed by atoms with Gasteiger partial charge < -0.3 is 20.0 Å². The second-order valence-electron chi connectivity index (χ2n) is 8.46. The number of furan rings is 1. The number of hydrogen-bond acceptors (Lipinski definition) is 6. The second-order valence-corrected chi connectivity index (χ2v) is 8.46. The van der Waals surface area contributed by atoms with Crippen molar-refractivity contribution in [2.45, 2.75) is 50.4 Å². The lowest BCUT2D eigenvalue weighted by molar-refractivity contribution is -0.148. The van der Waals surface area contributed by atoms with Gasteiger partial charge in [-0.1, -0.05) is 0 Å². The maximum atomic E-state index is 13.6. The van der Waals surface area contributed by atoms with Crippen molar-refractivity contribution in [2.75, 3.05) is 19.6 Å². The molecule has 8 nitrogen and oxygen atoms in total. The first-order valence-corrected chi connectivity index (χ1v) is 10.6. The van der Waals surface area contributed by atoms with Crippen molar-refractivity contribution in [1.29, 1.82) is 0 Å². The van der Waals surface area contributed by atoms with E-state index in [9.17, 15) is 31.5 Å². The van der Waals surface area contributed by atoms with E-state index < -0.39 is 48.6 Å². The Bertz CT molecular complexity index is 1070. The summed E-state index contributed by atoms with van der Waals surface area (Å²) in [5.41, 5.74) is 4.84. The highest BCUT2D eigenvalue weighted by Gasteiger charge is 2.41. The molecule has 2 aliphatic heterocycles. The summed E-state index contributed by atoms with van der Waals surface area (Å²) in [6, 6.07) is 2.02. The van der Waals surface area contributed by atoms with Crippen LogP contribution in [0.3, 0.4) is 0 Å². The molecular weight excluding hydrogens is 465 g/mol. The Balaban J connectivity index is 1.47. The predicted molar refractivity (Wildman–Crippen MR) is 107 cm³/mol. The van der Waals surface area contributed by atoms with Crippen LogP contribution in [0.4, 0.5) is 22.0 Å². The molecule has 184 valence electrons. The van der Waals surface area contributed by atoms with E-state index in [1.54, 1.807) is 0 Å². The van der Waals surface area contributed by atoms with Gasteiger partial charge in [0.1, 0.15) is 0 Å². The minimum atomic E-state index is -4.72. The number of fused-ring (bicyclic) bond motifs is 1. The second kappa shape index (κ2) is 8.93. The van der Waals surface area contributed by atoms with Crippen molar-refractivity contribution in [1.82, 2.24) is 19.8 Å². The van der Waals surface area contributed by atoms with Crippen molar-refractivity contribution in [3.05, 3.63) is 35.3 Å². The molecule has 1 unspecified atom stereocenters. The van der Waals surface area contributed by atoms with Crippen molar-refractivity contribution in [2.24, 2.45) is 5.73 Å². The summed E-state index contributed by atoms with van der Waals surface area (Å²) in [6.45, 7) is -1.17. The molecule has 2 aliphatic rings. The summed E-state index contributed by atoms with van der Waals surface area (Å²) in [6.07, 6.45) is -4.62. The molecule has 13 heteroatoms. The standard InChI is InChI=1S/C21H22F5N5O3/c22-20(23)5-3-16(32)31(11-20)9-12(27)8-17(33)30-6-4-13-14(10-30)28-19(15-2-1-7-34-15)29-18(13)21(24,25)26/h1-2,7,12H,3-6,8-11,27H2. The third kappa shape index (κ3) is 5.18.